The Hall–Kier alpha value is -2.23. The quantitative estimate of drug-likeness (QED) is 0.678. The van der Waals surface area contributed by atoms with E-state index in [4.69, 9.17) is 9.47 Å². The van der Waals surface area contributed by atoms with Crippen molar-refractivity contribution in [3.8, 4) is 11.5 Å². The fourth-order valence-corrected chi connectivity index (χ4v) is 1.93. The first kappa shape index (κ1) is 14.2. The summed E-state index contributed by atoms with van der Waals surface area (Å²) in [5.74, 6) is 1.37. The summed E-state index contributed by atoms with van der Waals surface area (Å²) < 4.78 is 11.0. The van der Waals surface area contributed by atoms with Crippen LogP contribution in [0.15, 0.2) is 42.5 Å². The summed E-state index contributed by atoms with van der Waals surface area (Å²) in [6.07, 6.45) is 6.91. The van der Waals surface area contributed by atoms with Gasteiger partial charge in [-0.2, -0.15) is 0 Å². The number of allylic oxidation sites excluding steroid dienone is 3. The Bertz CT molecular complexity index is 535. The Morgan fingerprint density at radius 3 is 2.75 bits per heavy atom. The van der Waals surface area contributed by atoms with Gasteiger partial charge in [0.1, 0.15) is 13.2 Å². The first-order valence-corrected chi connectivity index (χ1v) is 6.70. The normalized spacial score (nSPS) is 15.5. The van der Waals surface area contributed by atoms with Crippen LogP contribution in [0.4, 0.5) is 0 Å². The van der Waals surface area contributed by atoms with E-state index in [9.17, 15) is 4.79 Å². The van der Waals surface area contributed by atoms with Crippen molar-refractivity contribution in [1.82, 2.24) is 5.32 Å². The molecule has 4 heteroatoms. The van der Waals surface area contributed by atoms with E-state index in [1.807, 2.05) is 44.2 Å². The molecule has 1 atom stereocenters. The van der Waals surface area contributed by atoms with Gasteiger partial charge in [0.05, 0.1) is 6.04 Å². The molecule has 0 aliphatic carbocycles. The van der Waals surface area contributed by atoms with Crippen molar-refractivity contribution < 1.29 is 14.3 Å². The average Bonchev–Trinajstić information content (AvgIpc) is 2.47. The molecule has 1 aliphatic heterocycles. The van der Waals surface area contributed by atoms with E-state index in [2.05, 4.69) is 5.32 Å². The summed E-state index contributed by atoms with van der Waals surface area (Å²) in [5.41, 5.74) is 0.988. The highest BCUT2D eigenvalue weighted by molar-refractivity contribution is 5.88. The van der Waals surface area contributed by atoms with Gasteiger partial charge in [-0.15, -0.1) is 0 Å². The van der Waals surface area contributed by atoms with Crippen LogP contribution in [0, 0.1) is 0 Å². The number of amides is 1. The van der Waals surface area contributed by atoms with Gasteiger partial charge in [0.25, 0.3) is 0 Å². The number of carbonyl (C=O) groups excluding carboxylic acids is 1. The second-order valence-corrected chi connectivity index (χ2v) is 4.52. The van der Waals surface area contributed by atoms with Crippen molar-refractivity contribution in [3.05, 3.63) is 48.1 Å². The molecule has 2 rings (SSSR count). The van der Waals surface area contributed by atoms with E-state index >= 15 is 0 Å². The van der Waals surface area contributed by atoms with Crippen molar-refractivity contribution in [1.29, 1.82) is 0 Å². The molecule has 1 amide bonds. The topological polar surface area (TPSA) is 47.6 Å². The fraction of sp³-hybridized carbons (Fsp3) is 0.312. The molecule has 4 nitrogen and oxygen atoms in total. The molecule has 0 aromatic heterocycles. The molecule has 0 bridgehead atoms. The molecule has 1 unspecified atom stereocenters. The number of hydrogen-bond acceptors (Lipinski definition) is 3. The van der Waals surface area contributed by atoms with E-state index in [1.54, 1.807) is 6.08 Å². The molecule has 20 heavy (non-hydrogen) atoms. The summed E-state index contributed by atoms with van der Waals surface area (Å²) in [6.45, 7) is 4.98. The van der Waals surface area contributed by atoms with Gasteiger partial charge in [0.2, 0.25) is 5.91 Å². The third-order valence-corrected chi connectivity index (χ3v) is 2.98. The summed E-state index contributed by atoms with van der Waals surface area (Å²) in [6, 6.07) is 5.64. The van der Waals surface area contributed by atoms with Crippen molar-refractivity contribution in [2.75, 3.05) is 13.2 Å². The summed E-state index contributed by atoms with van der Waals surface area (Å²) >= 11 is 0. The van der Waals surface area contributed by atoms with Gasteiger partial charge in [-0.05, 0) is 31.5 Å². The van der Waals surface area contributed by atoms with Gasteiger partial charge in [0.15, 0.2) is 11.5 Å². The van der Waals surface area contributed by atoms with Gasteiger partial charge >= 0.3 is 0 Å². The van der Waals surface area contributed by atoms with Crippen molar-refractivity contribution >= 4 is 5.91 Å². The highest BCUT2D eigenvalue weighted by Gasteiger charge is 2.14. The number of rotatable bonds is 4. The van der Waals surface area contributed by atoms with Gasteiger partial charge in [0, 0.05) is 6.08 Å². The van der Waals surface area contributed by atoms with Gasteiger partial charge in [-0.1, -0.05) is 24.3 Å². The van der Waals surface area contributed by atoms with Crippen molar-refractivity contribution in [3.63, 3.8) is 0 Å². The Morgan fingerprint density at radius 1 is 1.25 bits per heavy atom. The standard InChI is InChI=1S/C16H19NO3/c1-3-4-5-6-16(18)17-12(2)13-7-8-14-15(11-13)20-10-9-19-14/h3-8,11-12H,9-10H2,1-2H3,(H,17,18)/b4-3+,6-5?. The van der Waals surface area contributed by atoms with Crippen LogP contribution in [-0.2, 0) is 4.79 Å². The molecular weight excluding hydrogens is 254 g/mol. The second-order valence-electron chi connectivity index (χ2n) is 4.52. The van der Waals surface area contributed by atoms with Crippen LogP contribution in [0.1, 0.15) is 25.5 Å². The Kier molecular flexibility index (Phi) is 4.82. The predicted molar refractivity (Wildman–Crippen MR) is 77.9 cm³/mol. The van der Waals surface area contributed by atoms with Crippen LogP contribution in [-0.4, -0.2) is 19.1 Å². The highest BCUT2D eigenvalue weighted by atomic mass is 16.6. The van der Waals surface area contributed by atoms with Gasteiger partial charge in [-0.25, -0.2) is 0 Å². The zero-order valence-corrected chi connectivity index (χ0v) is 11.8. The molecule has 0 radical (unpaired) electrons. The summed E-state index contributed by atoms with van der Waals surface area (Å²) in [5, 5.41) is 2.91. The van der Waals surface area contributed by atoms with Gasteiger partial charge in [-0.3, -0.25) is 4.79 Å². The maximum atomic E-state index is 11.7. The molecule has 0 spiro atoms. The lowest BCUT2D eigenvalue weighted by Crippen LogP contribution is -2.25. The lowest BCUT2D eigenvalue weighted by molar-refractivity contribution is -0.117. The molecule has 0 saturated carbocycles. The van der Waals surface area contributed by atoms with E-state index in [-0.39, 0.29) is 11.9 Å². The molecule has 0 saturated heterocycles. The number of nitrogens with one attached hydrogen (secondary N) is 1. The average molecular weight is 273 g/mol. The first-order chi connectivity index (χ1) is 9.70. The largest absolute Gasteiger partial charge is 0.486 e. The fourth-order valence-electron chi connectivity index (χ4n) is 1.93. The van der Waals surface area contributed by atoms with E-state index < -0.39 is 0 Å². The molecule has 1 heterocycles. The molecule has 1 N–H and O–H groups in total. The molecule has 1 aromatic carbocycles. The smallest absolute Gasteiger partial charge is 0.244 e. The Labute approximate surface area is 119 Å². The number of ether oxygens (including phenoxy) is 2. The molecule has 0 fully saturated rings. The minimum Gasteiger partial charge on any atom is -0.486 e. The van der Waals surface area contributed by atoms with E-state index in [0.717, 1.165) is 17.1 Å². The molecule has 106 valence electrons. The maximum Gasteiger partial charge on any atom is 0.244 e. The summed E-state index contributed by atoms with van der Waals surface area (Å²) in [7, 11) is 0. The number of fused-ring (bicyclic) bond motifs is 1. The monoisotopic (exact) mass is 273 g/mol. The highest BCUT2D eigenvalue weighted by Crippen LogP contribution is 2.32. The second kappa shape index (κ2) is 6.80. The number of hydrogen-bond donors (Lipinski definition) is 1. The lowest BCUT2D eigenvalue weighted by atomic mass is 10.1. The van der Waals surface area contributed by atoms with Crippen LogP contribution < -0.4 is 14.8 Å². The van der Waals surface area contributed by atoms with Gasteiger partial charge < -0.3 is 14.8 Å². The van der Waals surface area contributed by atoms with Crippen LogP contribution in [0.3, 0.4) is 0 Å². The third-order valence-electron chi connectivity index (χ3n) is 2.98. The molecule has 1 aromatic rings. The van der Waals surface area contributed by atoms with Crippen molar-refractivity contribution in [2.45, 2.75) is 19.9 Å². The Balaban J connectivity index is 2.02. The minimum atomic E-state index is -0.120. The van der Waals surface area contributed by atoms with Crippen LogP contribution in [0.25, 0.3) is 0 Å². The van der Waals surface area contributed by atoms with Crippen LogP contribution in [0.2, 0.25) is 0 Å². The zero-order valence-electron chi connectivity index (χ0n) is 11.8. The number of benzene rings is 1. The molecular formula is C16H19NO3. The van der Waals surface area contributed by atoms with Crippen LogP contribution in [0.5, 0.6) is 11.5 Å². The molecule has 1 aliphatic rings. The maximum absolute atomic E-state index is 11.7. The SMILES string of the molecule is C/C=C/C=CC(=O)NC(C)c1ccc2c(c1)OCCO2. The lowest BCUT2D eigenvalue weighted by Gasteiger charge is -2.20. The summed E-state index contributed by atoms with van der Waals surface area (Å²) in [4.78, 5) is 11.7. The van der Waals surface area contributed by atoms with Crippen molar-refractivity contribution in [2.24, 2.45) is 0 Å². The minimum absolute atomic E-state index is 0.0893. The van der Waals surface area contributed by atoms with Crippen LogP contribution >= 0.6 is 0 Å². The number of carbonyl (C=O) groups is 1. The zero-order chi connectivity index (χ0) is 14.4. The Morgan fingerprint density at radius 2 is 2.00 bits per heavy atom. The third kappa shape index (κ3) is 3.63. The predicted octanol–water partition coefficient (Wildman–Crippen LogP) is 2.77. The first-order valence-electron chi connectivity index (χ1n) is 6.70. The van der Waals surface area contributed by atoms with E-state index in [1.165, 1.54) is 6.08 Å². The van der Waals surface area contributed by atoms with E-state index in [0.29, 0.717) is 13.2 Å².